The van der Waals surface area contributed by atoms with Crippen LogP contribution in [-0.4, -0.2) is 6.54 Å². The molecular weight excluding hydrogens is 208 g/mol. The van der Waals surface area contributed by atoms with Crippen molar-refractivity contribution >= 4 is 23.0 Å². The van der Waals surface area contributed by atoms with Gasteiger partial charge in [-0.05, 0) is 24.0 Å². The van der Waals surface area contributed by atoms with Crippen molar-refractivity contribution in [3.05, 3.63) is 23.2 Å². The van der Waals surface area contributed by atoms with Crippen LogP contribution in [0.3, 0.4) is 0 Å². The van der Waals surface area contributed by atoms with Crippen molar-refractivity contribution in [3.8, 4) is 0 Å². The molecule has 0 aliphatic carbocycles. The van der Waals surface area contributed by atoms with Crippen LogP contribution < -0.4 is 11.1 Å². The molecule has 0 saturated carbocycles. The molecule has 1 rings (SSSR count). The van der Waals surface area contributed by atoms with Gasteiger partial charge < -0.3 is 11.1 Å². The molecule has 0 aliphatic rings. The standard InChI is InChI=1S/C12H19ClN2/c1-12(2,3)7-8-15-11-9(13)5-4-6-10(11)14/h4-6,15H,7-8,14H2,1-3H3. The summed E-state index contributed by atoms with van der Waals surface area (Å²) in [6.07, 6.45) is 1.08. The third kappa shape index (κ3) is 4.00. The summed E-state index contributed by atoms with van der Waals surface area (Å²) in [6, 6.07) is 5.55. The number of nitrogens with one attached hydrogen (secondary N) is 1. The highest BCUT2D eigenvalue weighted by Crippen LogP contribution is 2.28. The van der Waals surface area contributed by atoms with E-state index in [2.05, 4.69) is 26.1 Å². The molecule has 3 N–H and O–H groups in total. The Balaban J connectivity index is 2.58. The molecule has 0 bridgehead atoms. The molecule has 0 spiro atoms. The van der Waals surface area contributed by atoms with Crippen molar-refractivity contribution in [3.63, 3.8) is 0 Å². The Hall–Kier alpha value is -0.890. The lowest BCUT2D eigenvalue weighted by Gasteiger charge is -2.19. The highest BCUT2D eigenvalue weighted by molar-refractivity contribution is 6.33. The monoisotopic (exact) mass is 226 g/mol. The lowest BCUT2D eigenvalue weighted by molar-refractivity contribution is 0.390. The number of nitrogens with two attached hydrogens (primary N) is 1. The number of benzene rings is 1. The largest absolute Gasteiger partial charge is 0.397 e. The molecule has 0 saturated heterocycles. The molecule has 1 aromatic rings. The van der Waals surface area contributed by atoms with Gasteiger partial charge in [-0.25, -0.2) is 0 Å². The van der Waals surface area contributed by atoms with E-state index >= 15 is 0 Å². The van der Waals surface area contributed by atoms with E-state index in [-0.39, 0.29) is 0 Å². The van der Waals surface area contributed by atoms with Gasteiger partial charge in [-0.2, -0.15) is 0 Å². The predicted octanol–water partition coefficient (Wildman–Crippen LogP) is 3.77. The number of hydrogen-bond donors (Lipinski definition) is 2. The third-order valence-corrected chi connectivity index (χ3v) is 2.54. The molecule has 15 heavy (non-hydrogen) atoms. The fraction of sp³-hybridized carbons (Fsp3) is 0.500. The van der Waals surface area contributed by atoms with E-state index in [4.69, 9.17) is 17.3 Å². The molecule has 3 heteroatoms. The molecule has 84 valence electrons. The zero-order valence-electron chi connectivity index (χ0n) is 9.60. The zero-order chi connectivity index (χ0) is 11.5. The molecule has 1 aromatic carbocycles. The number of para-hydroxylation sites is 1. The minimum Gasteiger partial charge on any atom is -0.397 e. The Bertz CT molecular complexity index is 309. The normalized spacial score (nSPS) is 11.5. The smallest absolute Gasteiger partial charge is 0.0763 e. The number of hydrogen-bond acceptors (Lipinski definition) is 2. The van der Waals surface area contributed by atoms with Gasteiger partial charge in [0.1, 0.15) is 0 Å². The van der Waals surface area contributed by atoms with Gasteiger partial charge in [0.05, 0.1) is 16.4 Å². The quantitative estimate of drug-likeness (QED) is 0.770. The van der Waals surface area contributed by atoms with Crippen LogP contribution in [0.25, 0.3) is 0 Å². The number of rotatable bonds is 3. The van der Waals surface area contributed by atoms with Crippen LogP contribution in [0, 0.1) is 5.41 Å². The molecular formula is C12H19ClN2. The molecule has 0 heterocycles. The fourth-order valence-corrected chi connectivity index (χ4v) is 1.54. The van der Waals surface area contributed by atoms with Crippen molar-refractivity contribution in [1.29, 1.82) is 0 Å². The first-order valence-corrected chi connectivity index (χ1v) is 5.56. The van der Waals surface area contributed by atoms with Crippen LogP contribution in [-0.2, 0) is 0 Å². The maximum absolute atomic E-state index is 6.04. The van der Waals surface area contributed by atoms with Crippen LogP contribution in [0.2, 0.25) is 5.02 Å². The van der Waals surface area contributed by atoms with Crippen LogP contribution >= 0.6 is 11.6 Å². The Morgan fingerprint density at radius 1 is 1.33 bits per heavy atom. The minimum atomic E-state index is 0.322. The summed E-state index contributed by atoms with van der Waals surface area (Å²) in [6.45, 7) is 7.53. The maximum Gasteiger partial charge on any atom is 0.0763 e. The summed E-state index contributed by atoms with van der Waals surface area (Å²) in [5, 5.41) is 3.96. The lowest BCUT2D eigenvalue weighted by Crippen LogP contribution is -2.13. The minimum absolute atomic E-state index is 0.322. The summed E-state index contributed by atoms with van der Waals surface area (Å²) in [5.74, 6) is 0. The topological polar surface area (TPSA) is 38.0 Å². The molecule has 0 unspecified atom stereocenters. The second-order valence-corrected chi connectivity index (χ2v) is 5.35. The second kappa shape index (κ2) is 4.75. The molecule has 0 radical (unpaired) electrons. The van der Waals surface area contributed by atoms with Gasteiger partial charge in [0, 0.05) is 6.54 Å². The summed E-state index contributed by atoms with van der Waals surface area (Å²) < 4.78 is 0. The van der Waals surface area contributed by atoms with Gasteiger partial charge in [0.15, 0.2) is 0 Å². The number of halogens is 1. The van der Waals surface area contributed by atoms with Gasteiger partial charge in [0.25, 0.3) is 0 Å². The van der Waals surface area contributed by atoms with Crippen molar-refractivity contribution in [2.45, 2.75) is 27.2 Å². The number of nitrogen functional groups attached to an aromatic ring is 1. The van der Waals surface area contributed by atoms with E-state index in [1.807, 2.05) is 18.2 Å². The van der Waals surface area contributed by atoms with Crippen LogP contribution in [0.5, 0.6) is 0 Å². The average molecular weight is 227 g/mol. The first-order chi connectivity index (χ1) is 6.90. The number of anilines is 2. The molecule has 0 atom stereocenters. The van der Waals surface area contributed by atoms with Crippen LogP contribution in [0.15, 0.2) is 18.2 Å². The predicted molar refractivity (Wildman–Crippen MR) is 68.4 cm³/mol. The van der Waals surface area contributed by atoms with Gasteiger partial charge in [-0.1, -0.05) is 38.4 Å². The van der Waals surface area contributed by atoms with Gasteiger partial charge in [0.2, 0.25) is 0 Å². The molecule has 0 amide bonds. The summed E-state index contributed by atoms with van der Waals surface area (Å²) in [7, 11) is 0. The first kappa shape index (κ1) is 12.2. The van der Waals surface area contributed by atoms with Crippen LogP contribution in [0.4, 0.5) is 11.4 Å². The van der Waals surface area contributed by atoms with E-state index < -0.39 is 0 Å². The van der Waals surface area contributed by atoms with E-state index in [0.29, 0.717) is 16.1 Å². The highest BCUT2D eigenvalue weighted by Gasteiger charge is 2.10. The van der Waals surface area contributed by atoms with E-state index in [9.17, 15) is 0 Å². The van der Waals surface area contributed by atoms with E-state index in [0.717, 1.165) is 18.7 Å². The summed E-state index contributed by atoms with van der Waals surface area (Å²) >= 11 is 6.04. The Labute approximate surface area is 96.8 Å². The van der Waals surface area contributed by atoms with Crippen LogP contribution in [0.1, 0.15) is 27.2 Å². The van der Waals surface area contributed by atoms with Gasteiger partial charge in [-0.15, -0.1) is 0 Å². The summed E-state index contributed by atoms with van der Waals surface area (Å²) in [5.41, 5.74) is 7.70. The van der Waals surface area contributed by atoms with Gasteiger partial charge >= 0.3 is 0 Å². The SMILES string of the molecule is CC(C)(C)CCNc1c(N)cccc1Cl. The van der Waals surface area contributed by atoms with Crippen molar-refractivity contribution in [1.82, 2.24) is 0 Å². The van der Waals surface area contributed by atoms with E-state index in [1.54, 1.807) is 0 Å². The van der Waals surface area contributed by atoms with E-state index in [1.165, 1.54) is 0 Å². The molecule has 0 fully saturated rings. The Morgan fingerprint density at radius 2 is 2.00 bits per heavy atom. The van der Waals surface area contributed by atoms with Crippen molar-refractivity contribution < 1.29 is 0 Å². The Morgan fingerprint density at radius 3 is 2.53 bits per heavy atom. The van der Waals surface area contributed by atoms with Crippen molar-refractivity contribution in [2.75, 3.05) is 17.6 Å². The lowest BCUT2D eigenvalue weighted by atomic mass is 9.92. The third-order valence-electron chi connectivity index (χ3n) is 2.22. The average Bonchev–Trinajstić information content (AvgIpc) is 2.08. The summed E-state index contributed by atoms with van der Waals surface area (Å²) in [4.78, 5) is 0. The maximum atomic E-state index is 6.04. The second-order valence-electron chi connectivity index (χ2n) is 4.94. The fourth-order valence-electron chi connectivity index (χ4n) is 1.29. The van der Waals surface area contributed by atoms with Gasteiger partial charge in [-0.3, -0.25) is 0 Å². The first-order valence-electron chi connectivity index (χ1n) is 5.18. The Kier molecular flexibility index (Phi) is 3.86. The zero-order valence-corrected chi connectivity index (χ0v) is 10.4. The highest BCUT2D eigenvalue weighted by atomic mass is 35.5. The molecule has 2 nitrogen and oxygen atoms in total. The molecule has 0 aromatic heterocycles. The van der Waals surface area contributed by atoms with Crippen molar-refractivity contribution in [2.24, 2.45) is 5.41 Å². The molecule has 0 aliphatic heterocycles.